The first-order chi connectivity index (χ1) is 15.2. The summed E-state index contributed by atoms with van der Waals surface area (Å²) in [5, 5.41) is 12.2. The highest BCUT2D eigenvalue weighted by molar-refractivity contribution is 6.36. The monoisotopic (exact) mass is 414 g/mol. The number of nitrogens with one attached hydrogen (secondary N) is 1. The number of ether oxygens (including phenoxy) is 2. The van der Waals surface area contributed by atoms with Gasteiger partial charge in [-0.05, 0) is 12.1 Å². The van der Waals surface area contributed by atoms with Gasteiger partial charge in [0, 0.05) is 39.1 Å². The van der Waals surface area contributed by atoms with E-state index in [1.165, 1.54) is 0 Å². The van der Waals surface area contributed by atoms with Crippen molar-refractivity contribution >= 4 is 55.6 Å². The normalized spacial score (nSPS) is 13.7. The number of H-pyrrole nitrogens is 1. The molecule has 7 heteroatoms. The minimum absolute atomic E-state index is 0.0408. The Balaban J connectivity index is 1.81. The number of benzene rings is 3. The number of aliphatic hydroxyl groups excluding tert-OH is 1. The molecule has 1 aliphatic rings. The van der Waals surface area contributed by atoms with Crippen LogP contribution in [0.5, 0.6) is 0 Å². The minimum atomic E-state index is -0.614. The summed E-state index contributed by atoms with van der Waals surface area (Å²) in [7, 11) is 0. The molecule has 0 amide bonds. The van der Waals surface area contributed by atoms with Crippen LogP contribution in [0.4, 0.5) is 0 Å². The summed E-state index contributed by atoms with van der Waals surface area (Å²) >= 11 is 0. The zero-order chi connectivity index (χ0) is 21.1. The van der Waals surface area contributed by atoms with E-state index in [-0.39, 0.29) is 13.2 Å². The van der Waals surface area contributed by atoms with Gasteiger partial charge in [-0.1, -0.05) is 36.4 Å². The molecular formula is C24H18N2O5. The highest BCUT2D eigenvalue weighted by Gasteiger charge is 2.37. The average Bonchev–Trinajstić information content (AvgIpc) is 3.41. The van der Waals surface area contributed by atoms with Gasteiger partial charge in [0.25, 0.3) is 0 Å². The molecule has 7 nitrogen and oxygen atoms in total. The van der Waals surface area contributed by atoms with E-state index in [2.05, 4.69) is 9.55 Å². The Labute approximate surface area is 175 Å². The number of aromatic nitrogens is 2. The third-order valence-electron chi connectivity index (χ3n) is 5.95. The summed E-state index contributed by atoms with van der Waals surface area (Å²) in [6, 6.07) is 15.5. The van der Waals surface area contributed by atoms with E-state index < -0.39 is 11.9 Å². The minimum Gasteiger partial charge on any atom is -0.394 e. The van der Waals surface area contributed by atoms with E-state index in [1.54, 1.807) is 0 Å². The van der Waals surface area contributed by atoms with Crippen LogP contribution in [0.3, 0.4) is 0 Å². The Morgan fingerprint density at radius 1 is 0.903 bits per heavy atom. The maximum atomic E-state index is 12.8. The standard InChI is InChI=1S/C24H18N2O5/c27-10-12-30-11-9-26-16-8-4-2-6-14(16)18-20-19(23(28)31-24(20)29)17-13-5-1-3-7-15(13)25-21(17)22(18)26/h1-8,25,27H,9-12H2. The zero-order valence-electron chi connectivity index (χ0n) is 16.5. The van der Waals surface area contributed by atoms with Gasteiger partial charge in [0.05, 0.1) is 42.0 Å². The predicted molar refractivity (Wildman–Crippen MR) is 116 cm³/mol. The van der Waals surface area contributed by atoms with Crippen LogP contribution >= 0.6 is 0 Å². The molecule has 0 spiro atoms. The number of nitrogens with zero attached hydrogens (tertiary/aromatic N) is 1. The highest BCUT2D eigenvalue weighted by Crippen LogP contribution is 2.44. The zero-order valence-corrected chi connectivity index (χ0v) is 16.5. The third kappa shape index (κ3) is 2.41. The summed E-state index contributed by atoms with van der Waals surface area (Å²) in [6.07, 6.45) is 0. The molecule has 154 valence electrons. The quantitative estimate of drug-likeness (QED) is 0.260. The number of cyclic esters (lactones) is 2. The van der Waals surface area contributed by atoms with E-state index in [0.29, 0.717) is 35.1 Å². The SMILES string of the molecule is O=C1OC(=O)c2c1c1c3ccccc3[nH]c1c1c2c2ccccc2n1CCOCCO. The van der Waals surface area contributed by atoms with Crippen LogP contribution in [-0.2, 0) is 16.0 Å². The van der Waals surface area contributed by atoms with Crippen molar-refractivity contribution in [3.8, 4) is 0 Å². The van der Waals surface area contributed by atoms with Gasteiger partial charge in [0.1, 0.15) is 0 Å². The average molecular weight is 414 g/mol. The molecule has 0 bridgehead atoms. The van der Waals surface area contributed by atoms with Crippen molar-refractivity contribution in [1.29, 1.82) is 0 Å². The Kier molecular flexibility index (Phi) is 3.89. The molecule has 31 heavy (non-hydrogen) atoms. The highest BCUT2D eigenvalue weighted by atomic mass is 16.6. The van der Waals surface area contributed by atoms with Crippen molar-refractivity contribution in [2.75, 3.05) is 19.8 Å². The van der Waals surface area contributed by atoms with Gasteiger partial charge in [-0.3, -0.25) is 0 Å². The Bertz CT molecular complexity index is 1540. The molecule has 6 rings (SSSR count). The summed E-state index contributed by atoms with van der Waals surface area (Å²) in [4.78, 5) is 29.1. The van der Waals surface area contributed by atoms with Crippen molar-refractivity contribution in [3.05, 3.63) is 59.7 Å². The lowest BCUT2D eigenvalue weighted by Gasteiger charge is -2.09. The van der Waals surface area contributed by atoms with Crippen LogP contribution < -0.4 is 0 Å². The van der Waals surface area contributed by atoms with Gasteiger partial charge in [-0.25, -0.2) is 9.59 Å². The smallest absolute Gasteiger partial charge is 0.347 e. The second kappa shape index (κ2) is 6.66. The number of hydrogen-bond acceptors (Lipinski definition) is 5. The van der Waals surface area contributed by atoms with Crippen molar-refractivity contribution < 1.29 is 24.2 Å². The molecule has 0 unspecified atom stereocenters. The molecule has 2 N–H and O–H groups in total. The first kappa shape index (κ1) is 18.1. The fraction of sp³-hybridized carbons (Fsp3) is 0.167. The maximum absolute atomic E-state index is 12.8. The fourth-order valence-corrected chi connectivity index (χ4v) is 4.79. The number of esters is 2. The van der Waals surface area contributed by atoms with Crippen molar-refractivity contribution in [3.63, 3.8) is 0 Å². The number of para-hydroxylation sites is 2. The molecule has 0 radical (unpaired) electrons. The molecule has 0 saturated heterocycles. The van der Waals surface area contributed by atoms with Crippen LogP contribution in [0.2, 0.25) is 0 Å². The number of aliphatic hydroxyl groups is 1. The molecule has 0 aliphatic carbocycles. The lowest BCUT2D eigenvalue weighted by atomic mass is 9.97. The van der Waals surface area contributed by atoms with E-state index in [9.17, 15) is 9.59 Å². The molecule has 1 aliphatic heterocycles. The second-order valence-electron chi connectivity index (χ2n) is 7.58. The largest absolute Gasteiger partial charge is 0.394 e. The van der Waals surface area contributed by atoms with E-state index in [0.717, 1.165) is 32.8 Å². The van der Waals surface area contributed by atoms with Gasteiger partial charge in [0.2, 0.25) is 0 Å². The Hall–Kier alpha value is -3.68. The first-order valence-corrected chi connectivity index (χ1v) is 10.1. The molecule has 0 fully saturated rings. The summed E-state index contributed by atoms with van der Waals surface area (Å²) in [5.74, 6) is -1.23. The molecule has 2 aromatic heterocycles. The lowest BCUT2D eigenvalue weighted by molar-refractivity contribution is 0.0445. The molecule has 3 aromatic carbocycles. The maximum Gasteiger partial charge on any atom is 0.347 e. The van der Waals surface area contributed by atoms with Crippen LogP contribution in [0.25, 0.3) is 43.6 Å². The van der Waals surface area contributed by atoms with Crippen molar-refractivity contribution in [1.82, 2.24) is 9.55 Å². The van der Waals surface area contributed by atoms with Crippen LogP contribution in [0.15, 0.2) is 48.5 Å². The van der Waals surface area contributed by atoms with Crippen LogP contribution in [-0.4, -0.2) is 46.4 Å². The van der Waals surface area contributed by atoms with Gasteiger partial charge >= 0.3 is 11.9 Å². The molecule has 0 saturated carbocycles. The number of rotatable bonds is 5. The number of carbonyl (C=O) groups excluding carboxylic acids is 2. The van der Waals surface area contributed by atoms with Crippen LogP contribution in [0, 0.1) is 0 Å². The molecular weight excluding hydrogens is 396 g/mol. The van der Waals surface area contributed by atoms with E-state index in [1.807, 2.05) is 48.5 Å². The molecule has 3 heterocycles. The van der Waals surface area contributed by atoms with E-state index in [4.69, 9.17) is 14.6 Å². The number of hydrogen-bond donors (Lipinski definition) is 2. The van der Waals surface area contributed by atoms with Gasteiger partial charge in [0.15, 0.2) is 0 Å². The first-order valence-electron chi connectivity index (χ1n) is 10.1. The Morgan fingerprint density at radius 2 is 1.61 bits per heavy atom. The molecule has 0 atom stereocenters. The number of fused-ring (bicyclic) bond motifs is 10. The third-order valence-corrected chi connectivity index (χ3v) is 5.95. The topological polar surface area (TPSA) is 93.6 Å². The summed E-state index contributed by atoms with van der Waals surface area (Å²) < 4.78 is 12.7. The number of aromatic amines is 1. The lowest BCUT2D eigenvalue weighted by Crippen LogP contribution is -2.08. The second-order valence-corrected chi connectivity index (χ2v) is 7.58. The number of carbonyl (C=O) groups is 2. The van der Waals surface area contributed by atoms with Gasteiger partial charge < -0.3 is 24.1 Å². The van der Waals surface area contributed by atoms with Crippen LogP contribution in [0.1, 0.15) is 20.7 Å². The van der Waals surface area contributed by atoms with Crippen molar-refractivity contribution in [2.45, 2.75) is 6.54 Å². The molecule has 5 aromatic rings. The summed E-state index contributed by atoms with van der Waals surface area (Å²) in [6.45, 7) is 1.14. The van der Waals surface area contributed by atoms with Gasteiger partial charge in [-0.15, -0.1) is 0 Å². The Morgan fingerprint density at radius 3 is 2.42 bits per heavy atom. The van der Waals surface area contributed by atoms with Crippen molar-refractivity contribution in [2.24, 2.45) is 0 Å². The predicted octanol–water partition coefficient (Wildman–Crippen LogP) is 3.75. The summed E-state index contributed by atoms with van der Waals surface area (Å²) in [5.41, 5.74) is 4.09. The van der Waals surface area contributed by atoms with E-state index >= 15 is 0 Å². The van der Waals surface area contributed by atoms with Gasteiger partial charge in [-0.2, -0.15) is 0 Å². The fourth-order valence-electron chi connectivity index (χ4n) is 4.79.